The van der Waals surface area contributed by atoms with E-state index >= 15 is 0 Å². The maximum Gasteiger partial charge on any atom is 0.235 e. The molecule has 1 amide bonds. The summed E-state index contributed by atoms with van der Waals surface area (Å²) in [6.07, 6.45) is 1.92. The normalized spacial score (nSPS) is 17.4. The number of hydrogen-bond donors (Lipinski definition) is 4. The van der Waals surface area contributed by atoms with Gasteiger partial charge in [0.15, 0.2) is 0 Å². The molecule has 0 aromatic heterocycles. The molecule has 14 heavy (non-hydrogen) atoms. The summed E-state index contributed by atoms with van der Waals surface area (Å²) in [5.74, 6) is 0.0910. The van der Waals surface area contributed by atoms with E-state index in [4.69, 9.17) is 11.5 Å². The van der Waals surface area contributed by atoms with Crippen molar-refractivity contribution in [2.45, 2.75) is 18.6 Å². The van der Waals surface area contributed by atoms with Crippen LogP contribution >= 0.6 is 11.8 Å². The zero-order chi connectivity index (χ0) is 11.2. The lowest BCUT2D eigenvalue weighted by molar-refractivity contribution is -0.119. The summed E-state index contributed by atoms with van der Waals surface area (Å²) < 4.78 is 0. The third-order valence-electron chi connectivity index (χ3n) is 1.69. The highest BCUT2D eigenvalue weighted by molar-refractivity contribution is 7.98. The van der Waals surface area contributed by atoms with Gasteiger partial charge in [-0.1, -0.05) is 0 Å². The van der Waals surface area contributed by atoms with Crippen LogP contribution in [0, 0.1) is 0 Å². The predicted molar refractivity (Wildman–Crippen MR) is 59.0 cm³/mol. The summed E-state index contributed by atoms with van der Waals surface area (Å²) in [7, 11) is 0. The number of rotatable bonds is 7. The Hall–Kier alpha value is -0.300. The minimum atomic E-state index is -0.781. The molecule has 6 N–H and O–H groups in total. The van der Waals surface area contributed by atoms with Crippen molar-refractivity contribution < 1.29 is 9.90 Å². The predicted octanol–water partition coefficient (Wildman–Crippen LogP) is -1.50. The first-order valence-electron chi connectivity index (χ1n) is 4.36. The second kappa shape index (κ2) is 6.23. The van der Waals surface area contributed by atoms with Crippen molar-refractivity contribution in [2.24, 2.45) is 11.5 Å². The van der Waals surface area contributed by atoms with Crippen LogP contribution < -0.4 is 16.8 Å². The lowest BCUT2D eigenvalue weighted by Crippen LogP contribution is -2.48. The fourth-order valence-corrected chi connectivity index (χ4v) is 1.68. The molecule has 2 unspecified atom stereocenters. The molecule has 0 fully saturated rings. The highest BCUT2D eigenvalue weighted by atomic mass is 32.2. The van der Waals surface area contributed by atoms with Gasteiger partial charge in [-0.3, -0.25) is 4.79 Å². The Morgan fingerprint density at radius 3 is 2.71 bits per heavy atom. The molecule has 0 aliphatic heterocycles. The summed E-state index contributed by atoms with van der Waals surface area (Å²) in [5.41, 5.74) is 9.59. The first-order chi connectivity index (χ1) is 6.39. The topological polar surface area (TPSA) is 101 Å². The van der Waals surface area contributed by atoms with E-state index in [1.165, 1.54) is 0 Å². The molecule has 0 radical (unpaired) electrons. The number of nitrogens with two attached hydrogens (primary N) is 2. The van der Waals surface area contributed by atoms with Gasteiger partial charge in [-0.2, -0.15) is 11.8 Å². The molecule has 6 heteroatoms. The van der Waals surface area contributed by atoms with Crippen molar-refractivity contribution >= 4 is 17.7 Å². The number of carbonyl (C=O) groups excluding carboxylic acids is 1. The van der Waals surface area contributed by atoms with E-state index in [1.54, 1.807) is 18.7 Å². The second-order valence-corrected chi connectivity index (χ2v) is 4.44. The largest absolute Gasteiger partial charge is 0.388 e. The van der Waals surface area contributed by atoms with Crippen LogP contribution in [0.3, 0.4) is 0 Å². The summed E-state index contributed by atoms with van der Waals surface area (Å²) in [4.78, 5) is 10.6. The van der Waals surface area contributed by atoms with Gasteiger partial charge in [-0.15, -0.1) is 0 Å². The molecule has 0 heterocycles. The van der Waals surface area contributed by atoms with Gasteiger partial charge < -0.3 is 21.9 Å². The Kier molecular flexibility index (Phi) is 6.10. The molecule has 0 saturated heterocycles. The second-order valence-electron chi connectivity index (χ2n) is 3.57. The van der Waals surface area contributed by atoms with E-state index in [-0.39, 0.29) is 0 Å². The van der Waals surface area contributed by atoms with Gasteiger partial charge in [0, 0.05) is 18.8 Å². The minimum absolute atomic E-state index is 0.292. The molecular weight excluding hydrogens is 202 g/mol. The van der Waals surface area contributed by atoms with Crippen LogP contribution in [0.25, 0.3) is 0 Å². The molecule has 0 saturated carbocycles. The third-order valence-corrected chi connectivity index (χ3v) is 2.60. The molecule has 2 atom stereocenters. The van der Waals surface area contributed by atoms with Gasteiger partial charge in [-0.05, 0) is 13.2 Å². The molecule has 0 aromatic carbocycles. The average molecular weight is 221 g/mol. The standard InChI is InChI=1S/C8H19N3O2S/c1-8(13,5-14-2)4-11-3-6(9)7(10)12/h6,11,13H,3-5,9H2,1-2H3,(H2,10,12). The zero-order valence-electron chi connectivity index (χ0n) is 8.62. The Balaban J connectivity index is 3.67. The first-order valence-corrected chi connectivity index (χ1v) is 5.75. The van der Waals surface area contributed by atoms with Crippen molar-refractivity contribution in [3.8, 4) is 0 Å². The van der Waals surface area contributed by atoms with Crippen LogP contribution in [-0.4, -0.2) is 47.8 Å². The van der Waals surface area contributed by atoms with Gasteiger partial charge in [0.1, 0.15) is 0 Å². The maximum absolute atomic E-state index is 10.6. The highest BCUT2D eigenvalue weighted by Crippen LogP contribution is 2.08. The SMILES string of the molecule is CSCC(C)(O)CNCC(N)C(N)=O. The fourth-order valence-electron chi connectivity index (χ4n) is 0.960. The van der Waals surface area contributed by atoms with Gasteiger partial charge >= 0.3 is 0 Å². The summed E-state index contributed by atoms with van der Waals surface area (Å²) in [6.45, 7) is 2.42. The van der Waals surface area contributed by atoms with Crippen LogP contribution in [0.5, 0.6) is 0 Å². The maximum atomic E-state index is 10.6. The van der Waals surface area contributed by atoms with Crippen molar-refractivity contribution in [3.63, 3.8) is 0 Å². The van der Waals surface area contributed by atoms with Crippen LogP contribution in [0.15, 0.2) is 0 Å². The van der Waals surface area contributed by atoms with E-state index in [0.29, 0.717) is 18.8 Å². The molecule has 0 aromatic rings. The van der Waals surface area contributed by atoms with Gasteiger partial charge in [0.05, 0.1) is 11.6 Å². The number of carbonyl (C=O) groups is 1. The van der Waals surface area contributed by atoms with Crippen LogP contribution in [0.4, 0.5) is 0 Å². The number of hydrogen-bond acceptors (Lipinski definition) is 5. The molecule has 0 aliphatic rings. The highest BCUT2D eigenvalue weighted by Gasteiger charge is 2.19. The third kappa shape index (κ3) is 6.20. The Morgan fingerprint density at radius 2 is 2.29 bits per heavy atom. The van der Waals surface area contributed by atoms with Crippen LogP contribution in [0.1, 0.15) is 6.92 Å². The quantitative estimate of drug-likeness (QED) is 0.419. The number of thioether (sulfide) groups is 1. The summed E-state index contributed by atoms with van der Waals surface area (Å²) in [6, 6.07) is -0.694. The summed E-state index contributed by atoms with van der Waals surface area (Å²) >= 11 is 1.56. The smallest absolute Gasteiger partial charge is 0.235 e. The Bertz CT molecular complexity index is 187. The van der Waals surface area contributed by atoms with Crippen molar-refractivity contribution in [1.82, 2.24) is 5.32 Å². The van der Waals surface area contributed by atoms with Gasteiger partial charge in [0.2, 0.25) is 5.91 Å². The van der Waals surface area contributed by atoms with E-state index in [9.17, 15) is 9.90 Å². The molecule has 0 bridgehead atoms. The monoisotopic (exact) mass is 221 g/mol. The zero-order valence-corrected chi connectivity index (χ0v) is 9.43. The molecule has 0 rings (SSSR count). The Morgan fingerprint density at radius 1 is 1.71 bits per heavy atom. The summed E-state index contributed by atoms with van der Waals surface area (Å²) in [5, 5.41) is 12.6. The first kappa shape index (κ1) is 13.7. The molecular formula is C8H19N3O2S. The lowest BCUT2D eigenvalue weighted by Gasteiger charge is -2.23. The molecule has 5 nitrogen and oxygen atoms in total. The van der Waals surface area contributed by atoms with E-state index in [1.807, 2.05) is 6.26 Å². The average Bonchev–Trinajstić information content (AvgIpc) is 2.03. The molecule has 84 valence electrons. The van der Waals surface area contributed by atoms with Crippen molar-refractivity contribution in [2.75, 3.05) is 25.1 Å². The Labute approximate surface area is 88.6 Å². The van der Waals surface area contributed by atoms with E-state index < -0.39 is 17.6 Å². The van der Waals surface area contributed by atoms with E-state index in [2.05, 4.69) is 5.32 Å². The van der Waals surface area contributed by atoms with Gasteiger partial charge in [-0.25, -0.2) is 0 Å². The van der Waals surface area contributed by atoms with Crippen molar-refractivity contribution in [3.05, 3.63) is 0 Å². The van der Waals surface area contributed by atoms with E-state index in [0.717, 1.165) is 0 Å². The number of amides is 1. The number of nitrogens with one attached hydrogen (secondary N) is 1. The van der Waals surface area contributed by atoms with Crippen molar-refractivity contribution in [1.29, 1.82) is 0 Å². The fraction of sp³-hybridized carbons (Fsp3) is 0.875. The molecule has 0 spiro atoms. The number of primary amides is 1. The lowest BCUT2D eigenvalue weighted by atomic mass is 10.1. The van der Waals surface area contributed by atoms with Crippen LogP contribution in [-0.2, 0) is 4.79 Å². The van der Waals surface area contributed by atoms with Gasteiger partial charge in [0.25, 0.3) is 0 Å². The number of aliphatic hydroxyl groups is 1. The minimum Gasteiger partial charge on any atom is -0.388 e. The van der Waals surface area contributed by atoms with Crippen LogP contribution in [0.2, 0.25) is 0 Å². The molecule has 0 aliphatic carbocycles.